The van der Waals surface area contributed by atoms with Crippen molar-refractivity contribution in [3.05, 3.63) is 47.8 Å². The second kappa shape index (κ2) is 5.82. The van der Waals surface area contributed by atoms with E-state index in [4.69, 9.17) is 10.5 Å². The molecule has 0 aromatic heterocycles. The van der Waals surface area contributed by atoms with Crippen LogP contribution in [0.5, 0.6) is 5.75 Å². The van der Waals surface area contributed by atoms with Gasteiger partial charge in [-0.25, -0.2) is 4.39 Å². The van der Waals surface area contributed by atoms with E-state index in [1.807, 2.05) is 45.0 Å². The van der Waals surface area contributed by atoms with Crippen molar-refractivity contribution in [2.75, 3.05) is 11.1 Å². The van der Waals surface area contributed by atoms with E-state index in [2.05, 4.69) is 5.32 Å². The Morgan fingerprint density at radius 3 is 2.60 bits per heavy atom. The van der Waals surface area contributed by atoms with E-state index in [0.29, 0.717) is 22.8 Å². The topological polar surface area (TPSA) is 47.3 Å². The summed E-state index contributed by atoms with van der Waals surface area (Å²) in [7, 11) is 0. The number of para-hydroxylation sites is 1. The Bertz CT molecular complexity index is 591. The van der Waals surface area contributed by atoms with Gasteiger partial charge in [0.1, 0.15) is 11.6 Å². The number of ether oxygens (including phenoxy) is 1. The number of anilines is 3. The second-order valence-corrected chi connectivity index (χ2v) is 5.03. The van der Waals surface area contributed by atoms with E-state index in [1.165, 1.54) is 12.1 Å². The van der Waals surface area contributed by atoms with E-state index in [0.717, 1.165) is 5.56 Å². The molecule has 0 atom stereocenters. The van der Waals surface area contributed by atoms with Crippen LogP contribution in [0.2, 0.25) is 0 Å². The quantitative estimate of drug-likeness (QED) is 0.819. The van der Waals surface area contributed by atoms with Gasteiger partial charge in [0, 0.05) is 5.69 Å². The monoisotopic (exact) mass is 274 g/mol. The predicted octanol–water partition coefficient (Wildman–Crippen LogP) is 4.25. The van der Waals surface area contributed by atoms with Crippen LogP contribution in [0.15, 0.2) is 36.4 Å². The average molecular weight is 274 g/mol. The average Bonchev–Trinajstić information content (AvgIpc) is 2.32. The molecular formula is C16H19FN2O. The molecule has 0 aliphatic heterocycles. The van der Waals surface area contributed by atoms with Crippen molar-refractivity contribution in [2.24, 2.45) is 0 Å². The standard InChI is InChI=1S/C16H19FN2O/c1-10(2)20-15-6-4-5-14(16(15)18)19-13-8-11(3)7-12(17)9-13/h4-10,19H,18H2,1-3H3. The lowest BCUT2D eigenvalue weighted by Gasteiger charge is -2.16. The first-order chi connectivity index (χ1) is 9.45. The number of benzene rings is 2. The molecule has 2 aromatic carbocycles. The molecule has 0 aliphatic carbocycles. The van der Waals surface area contributed by atoms with Crippen LogP contribution in [0, 0.1) is 12.7 Å². The summed E-state index contributed by atoms with van der Waals surface area (Å²) in [6.45, 7) is 5.72. The first-order valence-electron chi connectivity index (χ1n) is 6.55. The van der Waals surface area contributed by atoms with Crippen LogP contribution >= 0.6 is 0 Å². The first kappa shape index (κ1) is 14.2. The van der Waals surface area contributed by atoms with Gasteiger partial charge in [0.25, 0.3) is 0 Å². The van der Waals surface area contributed by atoms with Crippen molar-refractivity contribution in [1.82, 2.24) is 0 Å². The zero-order valence-electron chi connectivity index (χ0n) is 11.9. The lowest BCUT2D eigenvalue weighted by molar-refractivity contribution is 0.244. The molecule has 0 radical (unpaired) electrons. The van der Waals surface area contributed by atoms with Gasteiger partial charge in [-0.1, -0.05) is 6.07 Å². The van der Waals surface area contributed by atoms with Crippen molar-refractivity contribution in [2.45, 2.75) is 26.9 Å². The van der Waals surface area contributed by atoms with Gasteiger partial charge >= 0.3 is 0 Å². The van der Waals surface area contributed by atoms with Crippen LogP contribution in [-0.2, 0) is 0 Å². The molecule has 0 amide bonds. The highest BCUT2D eigenvalue weighted by molar-refractivity contribution is 5.77. The summed E-state index contributed by atoms with van der Waals surface area (Å²) >= 11 is 0. The first-order valence-corrected chi connectivity index (χ1v) is 6.55. The summed E-state index contributed by atoms with van der Waals surface area (Å²) in [4.78, 5) is 0. The van der Waals surface area contributed by atoms with Crippen molar-refractivity contribution >= 4 is 17.1 Å². The molecule has 20 heavy (non-hydrogen) atoms. The third-order valence-electron chi connectivity index (χ3n) is 2.75. The Kier molecular flexibility index (Phi) is 4.13. The van der Waals surface area contributed by atoms with Crippen LogP contribution in [0.3, 0.4) is 0 Å². The Hall–Kier alpha value is -2.23. The van der Waals surface area contributed by atoms with Crippen molar-refractivity contribution in [3.63, 3.8) is 0 Å². The highest BCUT2D eigenvalue weighted by Crippen LogP contribution is 2.32. The number of nitrogens with one attached hydrogen (secondary N) is 1. The molecule has 3 nitrogen and oxygen atoms in total. The zero-order chi connectivity index (χ0) is 14.7. The van der Waals surface area contributed by atoms with Gasteiger partial charge in [0.2, 0.25) is 0 Å². The number of hydrogen-bond donors (Lipinski definition) is 2. The fourth-order valence-electron chi connectivity index (χ4n) is 1.97. The zero-order valence-corrected chi connectivity index (χ0v) is 11.9. The minimum Gasteiger partial charge on any atom is -0.489 e. The SMILES string of the molecule is Cc1cc(F)cc(Nc2cccc(OC(C)C)c2N)c1. The Morgan fingerprint density at radius 1 is 1.20 bits per heavy atom. The lowest BCUT2D eigenvalue weighted by Crippen LogP contribution is -2.08. The number of aryl methyl sites for hydroxylation is 1. The highest BCUT2D eigenvalue weighted by Gasteiger charge is 2.08. The molecule has 0 unspecified atom stereocenters. The summed E-state index contributed by atoms with van der Waals surface area (Å²) in [5, 5.41) is 3.12. The fourth-order valence-corrected chi connectivity index (χ4v) is 1.97. The largest absolute Gasteiger partial charge is 0.489 e. The second-order valence-electron chi connectivity index (χ2n) is 5.03. The number of nitrogen functional groups attached to an aromatic ring is 1. The molecule has 2 rings (SSSR count). The summed E-state index contributed by atoms with van der Waals surface area (Å²) < 4.78 is 19.0. The summed E-state index contributed by atoms with van der Waals surface area (Å²) in [5.41, 5.74) is 8.80. The minimum absolute atomic E-state index is 0.0453. The van der Waals surface area contributed by atoms with Gasteiger partial charge in [-0.15, -0.1) is 0 Å². The van der Waals surface area contributed by atoms with Gasteiger partial charge in [0.15, 0.2) is 0 Å². The maximum Gasteiger partial charge on any atom is 0.144 e. The third-order valence-corrected chi connectivity index (χ3v) is 2.75. The molecule has 106 valence electrons. The maximum atomic E-state index is 13.4. The maximum absolute atomic E-state index is 13.4. The number of nitrogens with two attached hydrogens (primary N) is 1. The molecule has 0 saturated carbocycles. The van der Waals surface area contributed by atoms with Crippen LogP contribution in [0.1, 0.15) is 19.4 Å². The molecular weight excluding hydrogens is 255 g/mol. The summed E-state index contributed by atoms with van der Waals surface area (Å²) in [5.74, 6) is 0.346. The van der Waals surface area contributed by atoms with E-state index in [1.54, 1.807) is 0 Å². The molecule has 0 spiro atoms. The molecule has 0 bridgehead atoms. The minimum atomic E-state index is -0.277. The smallest absolute Gasteiger partial charge is 0.144 e. The summed E-state index contributed by atoms with van der Waals surface area (Å²) in [6, 6.07) is 10.3. The normalized spacial score (nSPS) is 10.7. The molecule has 2 aromatic rings. The van der Waals surface area contributed by atoms with Crippen molar-refractivity contribution in [1.29, 1.82) is 0 Å². The van der Waals surface area contributed by atoms with Crippen LogP contribution in [-0.4, -0.2) is 6.10 Å². The Labute approximate surface area is 118 Å². The van der Waals surface area contributed by atoms with E-state index < -0.39 is 0 Å². The van der Waals surface area contributed by atoms with E-state index in [-0.39, 0.29) is 11.9 Å². The molecule has 0 saturated heterocycles. The molecule has 0 aliphatic rings. The van der Waals surface area contributed by atoms with E-state index in [9.17, 15) is 4.39 Å². The van der Waals surface area contributed by atoms with Gasteiger partial charge in [-0.3, -0.25) is 0 Å². The van der Waals surface area contributed by atoms with Crippen LogP contribution < -0.4 is 15.8 Å². The lowest BCUT2D eigenvalue weighted by atomic mass is 10.2. The number of hydrogen-bond acceptors (Lipinski definition) is 3. The predicted molar refractivity (Wildman–Crippen MR) is 81.0 cm³/mol. The van der Waals surface area contributed by atoms with Crippen LogP contribution in [0.25, 0.3) is 0 Å². The Balaban J connectivity index is 2.29. The van der Waals surface area contributed by atoms with Gasteiger partial charge in [-0.2, -0.15) is 0 Å². The van der Waals surface area contributed by atoms with Gasteiger partial charge < -0.3 is 15.8 Å². The number of rotatable bonds is 4. The number of halogens is 1. The van der Waals surface area contributed by atoms with Crippen molar-refractivity contribution in [3.8, 4) is 5.75 Å². The molecule has 0 heterocycles. The molecule has 0 fully saturated rings. The van der Waals surface area contributed by atoms with Gasteiger partial charge in [0.05, 0.1) is 17.5 Å². The fraction of sp³-hybridized carbons (Fsp3) is 0.250. The molecule has 3 N–H and O–H groups in total. The summed E-state index contributed by atoms with van der Waals surface area (Å²) in [6.07, 6.45) is 0.0453. The third kappa shape index (κ3) is 3.41. The highest BCUT2D eigenvalue weighted by atomic mass is 19.1. The van der Waals surface area contributed by atoms with Crippen LogP contribution in [0.4, 0.5) is 21.5 Å². The Morgan fingerprint density at radius 2 is 1.95 bits per heavy atom. The van der Waals surface area contributed by atoms with Crippen molar-refractivity contribution < 1.29 is 9.13 Å². The van der Waals surface area contributed by atoms with Gasteiger partial charge in [-0.05, 0) is 56.7 Å². The molecule has 4 heteroatoms. The van der Waals surface area contributed by atoms with E-state index >= 15 is 0 Å².